The third-order valence-electron chi connectivity index (χ3n) is 2.19. The fourth-order valence-corrected chi connectivity index (χ4v) is 1.87. The summed E-state index contributed by atoms with van der Waals surface area (Å²) >= 11 is 11.9. The molecule has 0 fully saturated rings. The van der Waals surface area contributed by atoms with Gasteiger partial charge in [-0.15, -0.1) is 0 Å². The highest BCUT2D eigenvalue weighted by molar-refractivity contribution is 6.35. The predicted molar refractivity (Wildman–Crippen MR) is 65.3 cm³/mol. The Kier molecular flexibility index (Phi) is 3.36. The molecule has 0 aliphatic carbocycles. The van der Waals surface area contributed by atoms with Crippen LogP contribution in [-0.2, 0) is 11.3 Å². The van der Waals surface area contributed by atoms with Crippen molar-refractivity contribution < 1.29 is 9.90 Å². The molecule has 1 aromatic heterocycles. The number of hydrogen-bond acceptors (Lipinski definition) is 2. The number of nitrogens with zero attached hydrogens (tertiary/aromatic N) is 2. The van der Waals surface area contributed by atoms with Gasteiger partial charge >= 0.3 is 5.97 Å². The smallest absolute Gasteiger partial charge is 0.323 e. The van der Waals surface area contributed by atoms with Gasteiger partial charge in [-0.2, -0.15) is 0 Å². The molecule has 1 aromatic carbocycles. The Morgan fingerprint density at radius 2 is 2.18 bits per heavy atom. The molecule has 0 amide bonds. The van der Waals surface area contributed by atoms with Crippen LogP contribution < -0.4 is 0 Å². The number of aromatic nitrogens is 2. The molecule has 2 aromatic rings. The highest BCUT2D eigenvalue weighted by Crippen LogP contribution is 2.29. The lowest BCUT2D eigenvalue weighted by atomic mass is 10.2. The second kappa shape index (κ2) is 4.77. The van der Waals surface area contributed by atoms with Crippen molar-refractivity contribution in [2.75, 3.05) is 0 Å². The Morgan fingerprint density at radius 1 is 1.41 bits per heavy atom. The van der Waals surface area contributed by atoms with Crippen LogP contribution in [-0.4, -0.2) is 20.6 Å². The summed E-state index contributed by atoms with van der Waals surface area (Å²) in [5.74, 6) is -0.456. The molecule has 0 saturated heterocycles. The summed E-state index contributed by atoms with van der Waals surface area (Å²) in [6.45, 7) is -0.168. The zero-order valence-corrected chi connectivity index (χ0v) is 10.1. The number of aliphatic carboxylic acids is 1. The number of halogens is 2. The van der Waals surface area contributed by atoms with E-state index in [-0.39, 0.29) is 6.54 Å². The van der Waals surface area contributed by atoms with Crippen molar-refractivity contribution in [3.05, 3.63) is 40.6 Å². The molecule has 0 unspecified atom stereocenters. The molecular formula is C11H8Cl2N2O2. The maximum absolute atomic E-state index is 10.7. The van der Waals surface area contributed by atoms with Crippen LogP contribution in [0.25, 0.3) is 11.4 Å². The minimum Gasteiger partial charge on any atom is -0.480 e. The van der Waals surface area contributed by atoms with Gasteiger partial charge in [0, 0.05) is 23.0 Å². The number of carbonyl (C=O) groups is 1. The number of hydrogen-bond donors (Lipinski definition) is 1. The minimum atomic E-state index is -0.942. The first-order chi connectivity index (χ1) is 8.08. The van der Waals surface area contributed by atoms with E-state index in [0.717, 1.165) is 0 Å². The van der Waals surface area contributed by atoms with E-state index in [1.54, 1.807) is 24.4 Å². The van der Waals surface area contributed by atoms with Gasteiger partial charge in [0.1, 0.15) is 12.4 Å². The summed E-state index contributed by atoms with van der Waals surface area (Å²) in [6, 6.07) is 4.97. The summed E-state index contributed by atoms with van der Waals surface area (Å²) in [7, 11) is 0. The van der Waals surface area contributed by atoms with E-state index in [4.69, 9.17) is 28.3 Å². The van der Waals surface area contributed by atoms with Crippen molar-refractivity contribution in [1.82, 2.24) is 9.55 Å². The van der Waals surface area contributed by atoms with Crippen LogP contribution in [0, 0.1) is 0 Å². The molecule has 0 bridgehead atoms. The lowest BCUT2D eigenvalue weighted by Gasteiger charge is -2.07. The molecule has 0 saturated carbocycles. The average molecular weight is 271 g/mol. The summed E-state index contributed by atoms with van der Waals surface area (Å²) < 4.78 is 1.50. The van der Waals surface area contributed by atoms with Crippen LogP contribution >= 0.6 is 23.2 Å². The lowest BCUT2D eigenvalue weighted by molar-refractivity contribution is -0.137. The van der Waals surface area contributed by atoms with Gasteiger partial charge in [-0.25, -0.2) is 4.98 Å². The van der Waals surface area contributed by atoms with Crippen LogP contribution in [0.1, 0.15) is 0 Å². The number of benzene rings is 1. The van der Waals surface area contributed by atoms with Gasteiger partial charge in [-0.3, -0.25) is 4.79 Å². The highest BCUT2D eigenvalue weighted by atomic mass is 35.5. The third kappa shape index (κ3) is 2.60. The molecule has 0 aliphatic heterocycles. The van der Waals surface area contributed by atoms with Gasteiger partial charge in [0.05, 0.1) is 5.02 Å². The minimum absolute atomic E-state index is 0.168. The molecule has 0 aliphatic rings. The molecule has 1 N–H and O–H groups in total. The summed E-state index contributed by atoms with van der Waals surface area (Å²) in [6.07, 6.45) is 3.11. The Balaban J connectivity index is 2.49. The molecule has 0 atom stereocenters. The standard InChI is InChI=1S/C11H8Cl2N2O2/c12-7-1-2-9(13)8(5-7)11-14-3-4-15(11)6-10(16)17/h1-5H,6H2,(H,16,17). The van der Waals surface area contributed by atoms with Crippen molar-refractivity contribution in [3.8, 4) is 11.4 Å². The Hall–Kier alpha value is -1.52. The summed E-state index contributed by atoms with van der Waals surface area (Å²) in [5.41, 5.74) is 0.616. The molecule has 88 valence electrons. The van der Waals surface area contributed by atoms with Gasteiger partial charge in [0.25, 0.3) is 0 Å². The second-order valence-electron chi connectivity index (χ2n) is 3.40. The normalized spacial score (nSPS) is 10.5. The summed E-state index contributed by atoms with van der Waals surface area (Å²) in [4.78, 5) is 14.8. The first-order valence-electron chi connectivity index (χ1n) is 4.76. The van der Waals surface area contributed by atoms with Crippen molar-refractivity contribution in [3.63, 3.8) is 0 Å². The quantitative estimate of drug-likeness (QED) is 0.933. The molecule has 4 nitrogen and oxygen atoms in total. The van der Waals surface area contributed by atoms with E-state index in [2.05, 4.69) is 4.98 Å². The van der Waals surface area contributed by atoms with Crippen LogP contribution in [0.4, 0.5) is 0 Å². The summed E-state index contributed by atoms with van der Waals surface area (Å²) in [5, 5.41) is 9.77. The molecular weight excluding hydrogens is 263 g/mol. The SMILES string of the molecule is O=C(O)Cn1ccnc1-c1cc(Cl)ccc1Cl. The maximum Gasteiger partial charge on any atom is 0.323 e. The monoisotopic (exact) mass is 270 g/mol. The first-order valence-corrected chi connectivity index (χ1v) is 5.52. The first kappa shape index (κ1) is 12.0. The topological polar surface area (TPSA) is 55.1 Å². The van der Waals surface area contributed by atoms with Gasteiger partial charge in [-0.05, 0) is 18.2 Å². The third-order valence-corrected chi connectivity index (χ3v) is 2.76. The van der Waals surface area contributed by atoms with Crippen LogP contribution in [0.2, 0.25) is 10.0 Å². The Bertz CT molecular complexity index is 566. The zero-order chi connectivity index (χ0) is 12.4. The van der Waals surface area contributed by atoms with E-state index in [1.807, 2.05) is 0 Å². The van der Waals surface area contributed by atoms with Crippen LogP contribution in [0.5, 0.6) is 0 Å². The lowest BCUT2D eigenvalue weighted by Crippen LogP contribution is -2.09. The molecule has 17 heavy (non-hydrogen) atoms. The molecule has 6 heteroatoms. The molecule has 0 radical (unpaired) electrons. The van der Waals surface area contributed by atoms with Crippen LogP contribution in [0.3, 0.4) is 0 Å². The maximum atomic E-state index is 10.7. The molecule has 2 rings (SSSR count). The second-order valence-corrected chi connectivity index (χ2v) is 4.24. The van der Waals surface area contributed by atoms with Gasteiger partial charge in [0.2, 0.25) is 0 Å². The van der Waals surface area contributed by atoms with E-state index < -0.39 is 5.97 Å². The van der Waals surface area contributed by atoms with E-state index in [9.17, 15) is 4.79 Å². The van der Waals surface area contributed by atoms with Crippen molar-refractivity contribution >= 4 is 29.2 Å². The fourth-order valence-electron chi connectivity index (χ4n) is 1.50. The average Bonchev–Trinajstić information content (AvgIpc) is 2.69. The van der Waals surface area contributed by atoms with Crippen LogP contribution in [0.15, 0.2) is 30.6 Å². The number of imidazole rings is 1. The molecule has 1 heterocycles. The fraction of sp³-hybridized carbons (Fsp3) is 0.0909. The van der Waals surface area contributed by atoms with Gasteiger partial charge in [0.15, 0.2) is 0 Å². The van der Waals surface area contributed by atoms with Gasteiger partial charge in [-0.1, -0.05) is 23.2 Å². The van der Waals surface area contributed by atoms with Crippen molar-refractivity contribution in [2.24, 2.45) is 0 Å². The van der Waals surface area contributed by atoms with E-state index in [0.29, 0.717) is 21.4 Å². The highest BCUT2D eigenvalue weighted by Gasteiger charge is 2.12. The largest absolute Gasteiger partial charge is 0.480 e. The van der Waals surface area contributed by atoms with Gasteiger partial charge < -0.3 is 9.67 Å². The Labute approximate surface area is 107 Å². The Morgan fingerprint density at radius 3 is 2.88 bits per heavy atom. The van der Waals surface area contributed by atoms with E-state index in [1.165, 1.54) is 10.8 Å². The van der Waals surface area contributed by atoms with E-state index >= 15 is 0 Å². The predicted octanol–water partition coefficient (Wildman–Crippen LogP) is 2.94. The molecule has 0 spiro atoms. The number of carboxylic acid groups (broad SMARTS) is 1. The van der Waals surface area contributed by atoms with Crippen molar-refractivity contribution in [2.45, 2.75) is 6.54 Å². The number of rotatable bonds is 3. The number of carboxylic acids is 1. The van der Waals surface area contributed by atoms with Crippen molar-refractivity contribution in [1.29, 1.82) is 0 Å². The zero-order valence-electron chi connectivity index (χ0n) is 8.60.